The number of carbonyl (C=O) groups is 2. The second-order valence-electron chi connectivity index (χ2n) is 10.1. The highest BCUT2D eigenvalue weighted by Gasteiger charge is 2.42. The van der Waals surface area contributed by atoms with E-state index in [-0.39, 0.29) is 58.1 Å². The van der Waals surface area contributed by atoms with E-state index in [1.807, 2.05) is 104 Å². The molecule has 0 aliphatic rings. The van der Waals surface area contributed by atoms with E-state index in [9.17, 15) is 9.59 Å². The van der Waals surface area contributed by atoms with Crippen LogP contribution >= 0.6 is 0 Å². The topological polar surface area (TPSA) is 80.3 Å². The molecule has 3 aromatic rings. The van der Waals surface area contributed by atoms with Crippen molar-refractivity contribution in [1.82, 2.24) is 0 Å². The zero-order chi connectivity index (χ0) is 27.7. The van der Waals surface area contributed by atoms with Crippen molar-refractivity contribution in [3.8, 4) is 0 Å². The van der Waals surface area contributed by atoms with Crippen molar-refractivity contribution in [1.29, 1.82) is 0 Å². The van der Waals surface area contributed by atoms with E-state index >= 15 is 0 Å². The van der Waals surface area contributed by atoms with Crippen LogP contribution in [0.4, 0.5) is 0 Å². The lowest BCUT2D eigenvalue weighted by Gasteiger charge is -2.32. The first kappa shape index (κ1) is 48.0. The van der Waals surface area contributed by atoms with E-state index in [2.05, 4.69) is 19.6 Å². The number of hydrogen-bond donors (Lipinski definition) is 0. The number of esters is 2. The van der Waals surface area contributed by atoms with Crippen LogP contribution in [0.25, 0.3) is 0 Å². The molecule has 250 valence electrons. The fourth-order valence-electron chi connectivity index (χ4n) is 4.18. The van der Waals surface area contributed by atoms with Gasteiger partial charge in [-0.2, -0.15) is 0 Å². The van der Waals surface area contributed by atoms with Crippen LogP contribution in [0.5, 0.6) is 0 Å². The highest BCUT2D eigenvalue weighted by atomic mass is 28.4. The molecule has 0 bridgehead atoms. The number of rotatable bonds is 13. The summed E-state index contributed by atoms with van der Waals surface area (Å²) in [4.78, 5) is 24.7. The van der Waals surface area contributed by atoms with E-state index < -0.39 is 43.6 Å². The molecule has 0 aromatic heterocycles. The predicted molar refractivity (Wildman–Crippen MR) is 195 cm³/mol. The first-order chi connectivity index (χ1) is 18.0. The Bertz CT molecular complexity index is 1070. The third kappa shape index (κ3) is 14.3. The average molecular weight is 665 g/mol. The molecule has 0 unspecified atom stereocenters. The van der Waals surface area contributed by atoms with Gasteiger partial charge in [0.05, 0.1) is 0 Å². The summed E-state index contributed by atoms with van der Waals surface area (Å²) in [5.74, 6) is -1.47. The summed E-state index contributed by atoms with van der Waals surface area (Å²) in [6.07, 6.45) is -0.542. The molecule has 10 heteroatoms. The molecule has 0 saturated heterocycles. The molecule has 0 aliphatic heterocycles. The number of ether oxygens (including phenoxy) is 2. The summed E-state index contributed by atoms with van der Waals surface area (Å²) >= 11 is 0. The molecule has 0 heterocycles. The Morgan fingerprint density at radius 3 is 1.16 bits per heavy atom. The van der Waals surface area contributed by atoms with Crippen molar-refractivity contribution in [2.24, 2.45) is 0 Å². The zero-order valence-corrected chi connectivity index (χ0v) is 25.6. The maximum absolute atomic E-state index is 12.5. The highest BCUT2D eigenvalue weighted by Crippen LogP contribution is 2.15. The van der Waals surface area contributed by atoms with Gasteiger partial charge < -0.3 is 22.4 Å². The minimum absolute atomic E-state index is 0. The van der Waals surface area contributed by atoms with Crippen LogP contribution in [0.2, 0.25) is 32.7 Å². The first-order valence-electron chi connectivity index (χ1n) is 12.5. The summed E-state index contributed by atoms with van der Waals surface area (Å²) in [7, 11) is -7.23. The first-order valence-corrected chi connectivity index (χ1v) is 20.6. The van der Waals surface area contributed by atoms with Crippen molar-refractivity contribution in [2.75, 3.05) is 13.6 Å². The van der Waals surface area contributed by atoms with Crippen LogP contribution in [0.15, 0.2) is 91.0 Å². The molecular weight excluding hydrogens is 605 g/mol. The Morgan fingerprint density at radius 1 is 0.523 bits per heavy atom. The molecule has 0 spiro atoms. The molecule has 0 N–H and O–H groups in total. The molecular formula is C34H60O7Si3. The van der Waals surface area contributed by atoms with Crippen molar-refractivity contribution >= 4 is 52.7 Å². The van der Waals surface area contributed by atoms with Gasteiger partial charge in [0.2, 0.25) is 0 Å². The maximum atomic E-state index is 12.5. The summed E-state index contributed by atoms with van der Waals surface area (Å²) in [5.41, 5.74) is 0. The summed E-state index contributed by atoms with van der Waals surface area (Å²) in [5, 5.41) is 3.03. The van der Waals surface area contributed by atoms with Gasteiger partial charge in [0.15, 0.2) is 21.9 Å². The fraction of sp³-hybridized carbons (Fsp3) is 0.412. The fourth-order valence-corrected chi connectivity index (χ4v) is 14.4. The van der Waals surface area contributed by atoms with Gasteiger partial charge in [-0.05, 0) is 48.3 Å². The number of carbonyl (C=O) groups excluding carboxylic acids is 2. The quantitative estimate of drug-likeness (QED) is 0.0618. The Kier molecular flexibility index (Phi) is 23.8. The van der Waals surface area contributed by atoms with Crippen LogP contribution in [-0.2, 0) is 32.0 Å². The van der Waals surface area contributed by atoms with Crippen LogP contribution in [0.3, 0.4) is 0 Å². The summed E-state index contributed by atoms with van der Waals surface area (Å²) in [6.45, 7) is 9.43. The smallest absolute Gasteiger partial charge is 0.324 e. The molecule has 3 aromatic carbocycles. The molecule has 3 rings (SSSR count). The van der Waals surface area contributed by atoms with Gasteiger partial charge in [-0.15, -0.1) is 0 Å². The number of benzene rings is 3. The second kappa shape index (κ2) is 21.8. The molecule has 0 atom stereocenters. The Balaban J connectivity index is -0.00000133. The molecule has 0 saturated carbocycles. The van der Waals surface area contributed by atoms with Crippen molar-refractivity contribution in [2.45, 2.75) is 83.7 Å². The lowest BCUT2D eigenvalue weighted by Crippen LogP contribution is -2.69. The zero-order valence-electron chi connectivity index (χ0n) is 22.6. The predicted octanol–water partition coefficient (Wildman–Crippen LogP) is 7.45. The largest absolute Gasteiger partial charge is 0.439 e. The van der Waals surface area contributed by atoms with Gasteiger partial charge in [0.1, 0.15) is 6.42 Å². The molecule has 7 nitrogen and oxygen atoms in total. The number of hydrogen-bond acceptors (Lipinski definition) is 7. The Hall–Kier alpha value is -2.87. The molecule has 44 heavy (non-hydrogen) atoms. The van der Waals surface area contributed by atoms with Crippen LogP contribution in [-0.4, -0.2) is 50.7 Å². The third-order valence-electron chi connectivity index (χ3n) is 5.50. The Morgan fingerprint density at radius 2 is 0.841 bits per heavy atom. The van der Waals surface area contributed by atoms with Crippen LogP contribution in [0, 0.1) is 0 Å². The summed E-state index contributed by atoms with van der Waals surface area (Å²) < 4.78 is 28.7. The van der Waals surface area contributed by atoms with Crippen molar-refractivity contribution in [3.05, 3.63) is 91.0 Å². The molecule has 0 radical (unpaired) electrons. The van der Waals surface area contributed by atoms with Gasteiger partial charge in [-0.25, -0.2) is 0 Å². The van der Waals surface area contributed by atoms with E-state index in [1.165, 1.54) is 0 Å². The molecule has 0 fully saturated rings. The monoisotopic (exact) mass is 664 g/mol. The SMILES string of the molecule is C.C.C.C.C.C.C[Si](C)(C)O[Si](C)(C)OCOC(=O)CC(=O)OCO[Si](c1ccccc1)(c1ccccc1)c1ccccc1. The van der Waals surface area contributed by atoms with Crippen LogP contribution in [0.1, 0.15) is 51.0 Å². The molecule has 0 amide bonds. The standard InChI is InChI=1S/C28H36O7Si3.6CH4/c1-36(2,3)35-37(4,5)33-22-31-27(29)21-28(30)32-23-34-38(24-15-9-6-10-16-24,25-17-11-7-12-18-25)26-19-13-8-14-20-26;;;;;;/h6-20H,21-23H2,1-5H3;6*1H4. The van der Waals surface area contributed by atoms with Crippen LogP contribution < -0.4 is 15.6 Å². The van der Waals surface area contributed by atoms with Gasteiger partial charge in [0, 0.05) is 0 Å². The average Bonchev–Trinajstić information content (AvgIpc) is 2.87. The van der Waals surface area contributed by atoms with E-state index in [4.69, 9.17) is 22.4 Å². The Labute approximate surface area is 272 Å². The third-order valence-corrected chi connectivity index (χ3v) is 14.7. The molecule has 0 aliphatic carbocycles. The maximum Gasteiger partial charge on any atom is 0.324 e. The van der Waals surface area contributed by atoms with E-state index in [0.29, 0.717) is 0 Å². The van der Waals surface area contributed by atoms with Gasteiger partial charge in [-0.3, -0.25) is 9.59 Å². The minimum atomic E-state index is -3.01. The highest BCUT2D eigenvalue weighted by molar-refractivity contribution is 7.07. The second-order valence-corrected chi connectivity index (χ2v) is 21.6. The van der Waals surface area contributed by atoms with Crippen molar-refractivity contribution in [3.63, 3.8) is 0 Å². The van der Waals surface area contributed by atoms with Crippen molar-refractivity contribution < 1.29 is 32.0 Å². The van der Waals surface area contributed by atoms with Gasteiger partial charge in [-0.1, -0.05) is 136 Å². The van der Waals surface area contributed by atoms with E-state index in [0.717, 1.165) is 15.6 Å². The van der Waals surface area contributed by atoms with Gasteiger partial charge >= 0.3 is 20.5 Å². The lowest BCUT2D eigenvalue weighted by molar-refractivity contribution is -0.161. The minimum Gasteiger partial charge on any atom is -0.439 e. The summed E-state index contributed by atoms with van der Waals surface area (Å²) in [6, 6.07) is 29.8. The van der Waals surface area contributed by atoms with Gasteiger partial charge in [0.25, 0.3) is 8.32 Å². The lowest BCUT2D eigenvalue weighted by atomic mass is 10.3. The van der Waals surface area contributed by atoms with E-state index in [1.54, 1.807) is 0 Å². The normalized spacial score (nSPS) is 10.5.